The van der Waals surface area contributed by atoms with E-state index in [9.17, 15) is 14.7 Å². The molecule has 0 bridgehead atoms. The van der Waals surface area contributed by atoms with Gasteiger partial charge in [0.25, 0.3) is 5.78 Å². The molecule has 0 unspecified atom stereocenters. The predicted octanol–water partition coefficient (Wildman–Crippen LogP) is 5.68. The van der Waals surface area contributed by atoms with Gasteiger partial charge < -0.3 is 19.3 Å². The van der Waals surface area contributed by atoms with E-state index < -0.39 is 17.7 Å². The molecule has 3 heterocycles. The van der Waals surface area contributed by atoms with Crippen LogP contribution in [0.1, 0.15) is 35.2 Å². The van der Waals surface area contributed by atoms with E-state index in [1.165, 1.54) is 23.3 Å². The number of carbonyl (C=O) groups excluding carboxylic acids is 2. The zero-order valence-electron chi connectivity index (χ0n) is 21.9. The third-order valence-electron chi connectivity index (χ3n) is 6.98. The summed E-state index contributed by atoms with van der Waals surface area (Å²) < 4.78 is 17.4. The van der Waals surface area contributed by atoms with Gasteiger partial charge in [0.1, 0.15) is 24.2 Å². The van der Waals surface area contributed by atoms with Crippen LogP contribution < -0.4 is 19.1 Å². The summed E-state index contributed by atoms with van der Waals surface area (Å²) in [4.78, 5) is 32.5. The Morgan fingerprint density at radius 3 is 2.67 bits per heavy atom. The van der Waals surface area contributed by atoms with Crippen molar-refractivity contribution >= 4 is 33.9 Å². The Morgan fingerprint density at radius 1 is 1.10 bits per heavy atom. The van der Waals surface area contributed by atoms with Crippen LogP contribution in [-0.2, 0) is 22.6 Å². The fourth-order valence-electron chi connectivity index (χ4n) is 5.11. The first-order chi connectivity index (χ1) is 19.4. The summed E-state index contributed by atoms with van der Waals surface area (Å²) in [5, 5.41) is 13.6. The van der Waals surface area contributed by atoms with Crippen LogP contribution in [0.3, 0.4) is 0 Å². The Labute approximate surface area is 235 Å². The van der Waals surface area contributed by atoms with Gasteiger partial charge >= 0.3 is 5.91 Å². The Bertz CT molecular complexity index is 1620. The van der Waals surface area contributed by atoms with Crippen LogP contribution in [0.15, 0.2) is 83.9 Å². The summed E-state index contributed by atoms with van der Waals surface area (Å²) in [6, 6.07) is 19.3. The number of aromatic nitrogens is 1. The molecule has 8 nitrogen and oxygen atoms in total. The topological polar surface area (TPSA) is 98.2 Å². The highest BCUT2D eigenvalue weighted by Crippen LogP contribution is 2.45. The number of ether oxygens (including phenoxy) is 3. The van der Waals surface area contributed by atoms with Crippen molar-refractivity contribution < 1.29 is 28.9 Å². The highest BCUT2D eigenvalue weighted by atomic mass is 32.1. The van der Waals surface area contributed by atoms with Crippen LogP contribution in [-0.4, -0.2) is 35.0 Å². The number of aliphatic hydroxyl groups is 1. The molecule has 0 radical (unpaired) electrons. The molecule has 1 N–H and O–H groups in total. The van der Waals surface area contributed by atoms with Crippen molar-refractivity contribution in [2.45, 2.75) is 32.1 Å². The lowest BCUT2D eigenvalue weighted by atomic mass is 9.94. The number of Topliss-reactive ketones (excluding diaryl/α,β-unsaturated/α-hetero) is 1. The molecule has 1 fully saturated rings. The summed E-state index contributed by atoms with van der Waals surface area (Å²) in [6.07, 6.45) is 2.28. The molecular formula is C31H26N2O6S. The highest BCUT2D eigenvalue weighted by molar-refractivity contribution is 7.14. The van der Waals surface area contributed by atoms with Crippen LogP contribution in [0.4, 0.5) is 5.13 Å². The number of fused-ring (bicyclic) bond motifs is 1. The number of nitrogens with zero attached hydrogens (tertiary/aromatic N) is 2. The molecule has 3 aromatic carbocycles. The molecule has 6 rings (SSSR count). The molecule has 2 aliphatic heterocycles. The second kappa shape index (κ2) is 10.5. The Kier molecular flexibility index (Phi) is 6.73. The first kappa shape index (κ1) is 25.6. The Morgan fingerprint density at radius 2 is 1.93 bits per heavy atom. The molecule has 4 aromatic rings. The molecule has 202 valence electrons. The highest BCUT2D eigenvalue weighted by Gasteiger charge is 2.48. The molecule has 0 aliphatic carbocycles. The Balaban J connectivity index is 1.43. The van der Waals surface area contributed by atoms with Gasteiger partial charge in [0.15, 0.2) is 16.6 Å². The van der Waals surface area contributed by atoms with E-state index in [1.54, 1.807) is 41.9 Å². The van der Waals surface area contributed by atoms with Crippen LogP contribution in [0, 0.1) is 0 Å². The monoisotopic (exact) mass is 554 g/mol. The van der Waals surface area contributed by atoms with E-state index in [4.69, 9.17) is 14.2 Å². The molecule has 1 aromatic heterocycles. The van der Waals surface area contributed by atoms with Crippen molar-refractivity contribution in [3.8, 4) is 17.2 Å². The number of amides is 1. The standard InChI is InChI=1S/C31H26N2O6S/c1-18-14-22-15-21(9-10-23(22)39-18)28(34)26-27(33(30(36)29(26)35)31-32-12-13-40-31)20-8-11-24(25(16-20)37-2)38-17-19-6-4-3-5-7-19/h3-13,15-16,18,27,34H,14,17H2,1-2H3/t18-,27+/m0/s1. The van der Waals surface area contributed by atoms with Crippen molar-refractivity contribution in [1.29, 1.82) is 0 Å². The normalized spacial score (nSPS) is 19.4. The number of aliphatic hydroxyl groups excluding tert-OH is 1. The van der Waals surface area contributed by atoms with Crippen molar-refractivity contribution in [3.05, 3.63) is 106 Å². The summed E-state index contributed by atoms with van der Waals surface area (Å²) in [5.41, 5.74) is 2.92. The van der Waals surface area contributed by atoms with E-state index in [1.807, 2.05) is 43.3 Å². The van der Waals surface area contributed by atoms with Crippen LogP contribution in [0.2, 0.25) is 0 Å². The van der Waals surface area contributed by atoms with Gasteiger partial charge in [0, 0.05) is 23.6 Å². The number of hydrogen-bond acceptors (Lipinski definition) is 8. The number of benzene rings is 3. The van der Waals surface area contributed by atoms with E-state index in [0.717, 1.165) is 16.9 Å². The third kappa shape index (κ3) is 4.58. The SMILES string of the molecule is COc1cc([C@@H]2C(=C(O)c3ccc4c(c3)C[C@H](C)O4)C(=O)C(=O)N2c2nccs2)ccc1OCc1ccccc1. The zero-order chi connectivity index (χ0) is 27.8. The van der Waals surface area contributed by atoms with Gasteiger partial charge in [0.2, 0.25) is 0 Å². The van der Waals surface area contributed by atoms with E-state index in [-0.39, 0.29) is 17.4 Å². The predicted molar refractivity (Wildman–Crippen MR) is 151 cm³/mol. The first-order valence-electron chi connectivity index (χ1n) is 12.8. The van der Waals surface area contributed by atoms with Crippen LogP contribution in [0.25, 0.3) is 5.76 Å². The van der Waals surface area contributed by atoms with Crippen molar-refractivity contribution in [1.82, 2.24) is 4.98 Å². The first-order valence-corrected chi connectivity index (χ1v) is 13.7. The van der Waals surface area contributed by atoms with Gasteiger partial charge in [-0.05, 0) is 53.9 Å². The number of hydrogen-bond donors (Lipinski definition) is 1. The van der Waals surface area contributed by atoms with Gasteiger partial charge in [0.05, 0.1) is 18.7 Å². The van der Waals surface area contributed by atoms with Crippen LogP contribution >= 0.6 is 11.3 Å². The maximum Gasteiger partial charge on any atom is 0.301 e. The number of ketones is 1. The minimum absolute atomic E-state index is 0.0212. The van der Waals surface area contributed by atoms with Crippen molar-refractivity contribution in [2.75, 3.05) is 12.0 Å². The molecule has 0 saturated carbocycles. The van der Waals surface area contributed by atoms with Crippen molar-refractivity contribution in [2.24, 2.45) is 0 Å². The summed E-state index contributed by atoms with van der Waals surface area (Å²) in [7, 11) is 1.53. The largest absolute Gasteiger partial charge is 0.507 e. The maximum atomic E-state index is 13.5. The third-order valence-corrected chi connectivity index (χ3v) is 7.75. The van der Waals surface area contributed by atoms with E-state index in [0.29, 0.717) is 40.8 Å². The van der Waals surface area contributed by atoms with Gasteiger partial charge in [-0.15, -0.1) is 11.3 Å². The number of anilines is 1. The molecule has 40 heavy (non-hydrogen) atoms. The summed E-state index contributed by atoms with van der Waals surface area (Å²) in [5.74, 6) is -0.113. The summed E-state index contributed by atoms with van der Waals surface area (Å²) >= 11 is 1.23. The molecule has 1 saturated heterocycles. The average molecular weight is 555 g/mol. The van der Waals surface area contributed by atoms with Gasteiger partial charge in [-0.2, -0.15) is 0 Å². The second-order valence-electron chi connectivity index (χ2n) is 9.62. The molecule has 2 atom stereocenters. The number of rotatable bonds is 7. The molecule has 0 spiro atoms. The van der Waals surface area contributed by atoms with Gasteiger partial charge in [-0.25, -0.2) is 4.98 Å². The second-order valence-corrected chi connectivity index (χ2v) is 10.5. The Hall–Kier alpha value is -4.63. The quantitative estimate of drug-likeness (QED) is 0.178. The number of thiazole rings is 1. The fraction of sp³-hybridized carbons (Fsp3) is 0.194. The molecular weight excluding hydrogens is 528 g/mol. The fourth-order valence-corrected chi connectivity index (χ4v) is 5.78. The average Bonchev–Trinajstić information content (AvgIpc) is 3.69. The lowest BCUT2D eigenvalue weighted by molar-refractivity contribution is -0.132. The zero-order valence-corrected chi connectivity index (χ0v) is 22.7. The molecule has 2 aliphatic rings. The molecule has 1 amide bonds. The van der Waals surface area contributed by atoms with E-state index >= 15 is 0 Å². The van der Waals surface area contributed by atoms with Gasteiger partial charge in [-0.1, -0.05) is 36.4 Å². The smallest absolute Gasteiger partial charge is 0.301 e. The number of methoxy groups -OCH3 is 1. The lowest BCUT2D eigenvalue weighted by Crippen LogP contribution is -2.29. The minimum atomic E-state index is -0.924. The summed E-state index contributed by atoms with van der Waals surface area (Å²) in [6.45, 7) is 2.31. The lowest BCUT2D eigenvalue weighted by Gasteiger charge is -2.24. The van der Waals surface area contributed by atoms with Gasteiger partial charge in [-0.3, -0.25) is 14.5 Å². The van der Waals surface area contributed by atoms with Crippen molar-refractivity contribution in [3.63, 3.8) is 0 Å². The van der Waals surface area contributed by atoms with E-state index in [2.05, 4.69) is 4.98 Å². The number of carbonyl (C=O) groups is 2. The molecule has 9 heteroatoms. The van der Waals surface area contributed by atoms with Crippen LogP contribution in [0.5, 0.6) is 17.2 Å². The minimum Gasteiger partial charge on any atom is -0.507 e. The maximum absolute atomic E-state index is 13.5.